The van der Waals surface area contributed by atoms with Crippen LogP contribution in [0.3, 0.4) is 0 Å². The van der Waals surface area contributed by atoms with Crippen LogP contribution >= 0.6 is 11.6 Å². The van der Waals surface area contributed by atoms with E-state index >= 15 is 0 Å². The zero-order valence-corrected chi connectivity index (χ0v) is 19.4. The lowest BCUT2D eigenvalue weighted by molar-refractivity contribution is 0.102. The van der Waals surface area contributed by atoms with Crippen LogP contribution < -0.4 is 10.2 Å². The van der Waals surface area contributed by atoms with E-state index in [2.05, 4.69) is 10.2 Å². The minimum Gasteiger partial charge on any atom is -0.370 e. The maximum atomic E-state index is 14.2. The Labute approximate surface area is 193 Å². The van der Waals surface area contributed by atoms with E-state index in [1.165, 1.54) is 28.6 Å². The highest BCUT2D eigenvalue weighted by Crippen LogP contribution is 2.33. The Hall–Kier alpha value is -2.16. The van der Waals surface area contributed by atoms with Gasteiger partial charge in [0.1, 0.15) is 4.90 Å². The van der Waals surface area contributed by atoms with E-state index in [9.17, 15) is 17.6 Å². The van der Waals surface area contributed by atoms with Crippen molar-refractivity contribution in [3.05, 3.63) is 52.8 Å². The van der Waals surface area contributed by atoms with Crippen LogP contribution in [0.4, 0.5) is 15.8 Å². The predicted molar refractivity (Wildman–Crippen MR) is 124 cm³/mol. The molecular formula is C23H27ClFN3O3S. The Morgan fingerprint density at radius 1 is 0.938 bits per heavy atom. The van der Waals surface area contributed by atoms with E-state index in [0.717, 1.165) is 51.6 Å². The first-order valence-corrected chi connectivity index (χ1v) is 12.8. The quantitative estimate of drug-likeness (QED) is 0.662. The zero-order valence-electron chi connectivity index (χ0n) is 17.8. The molecule has 0 aliphatic carbocycles. The number of nitrogens with zero attached hydrogens (tertiary/aromatic N) is 2. The van der Waals surface area contributed by atoms with Gasteiger partial charge in [-0.3, -0.25) is 4.79 Å². The van der Waals surface area contributed by atoms with Gasteiger partial charge in [0.15, 0.2) is 5.82 Å². The summed E-state index contributed by atoms with van der Waals surface area (Å²) in [5, 5.41) is 2.40. The maximum absolute atomic E-state index is 14.2. The number of carbonyl (C=O) groups is 1. The molecule has 2 fully saturated rings. The lowest BCUT2D eigenvalue weighted by atomic mass is 10.1. The Bertz CT molecular complexity index is 1100. The van der Waals surface area contributed by atoms with E-state index in [-0.39, 0.29) is 21.2 Å². The van der Waals surface area contributed by atoms with Gasteiger partial charge in [-0.15, -0.1) is 0 Å². The smallest absolute Gasteiger partial charge is 0.255 e. The highest BCUT2D eigenvalue weighted by atomic mass is 35.5. The van der Waals surface area contributed by atoms with Crippen LogP contribution in [0, 0.1) is 5.82 Å². The number of amides is 1. The van der Waals surface area contributed by atoms with E-state index in [1.54, 1.807) is 12.1 Å². The normalized spacial score (nSPS) is 17.9. The standard InChI is InChI=1S/C23H27ClFN3O3S/c24-18-8-7-9-19(22(18)25)26-23(29)17-10-11-20(27-12-3-1-4-13-27)21(16-17)32(30,31)28-14-5-2-6-15-28/h7-11,16H,1-6,12-15H2,(H,26,29). The fourth-order valence-corrected chi connectivity index (χ4v) is 6.23. The van der Waals surface area contributed by atoms with Gasteiger partial charge in [0.05, 0.1) is 16.4 Å². The number of anilines is 2. The van der Waals surface area contributed by atoms with Crippen LogP contribution in [0.2, 0.25) is 5.02 Å². The van der Waals surface area contributed by atoms with E-state index in [1.807, 2.05) is 0 Å². The van der Waals surface area contributed by atoms with Crippen LogP contribution in [0.25, 0.3) is 0 Å². The first-order valence-electron chi connectivity index (χ1n) is 11.0. The number of hydrogen-bond donors (Lipinski definition) is 1. The van der Waals surface area contributed by atoms with E-state index in [4.69, 9.17) is 11.6 Å². The SMILES string of the molecule is O=C(Nc1cccc(Cl)c1F)c1ccc(N2CCCCC2)c(S(=O)(=O)N2CCCCC2)c1. The summed E-state index contributed by atoms with van der Waals surface area (Å²) in [5.74, 6) is -1.32. The molecule has 0 aromatic heterocycles. The topological polar surface area (TPSA) is 69.7 Å². The summed E-state index contributed by atoms with van der Waals surface area (Å²) < 4.78 is 42.9. The van der Waals surface area contributed by atoms with E-state index < -0.39 is 21.7 Å². The van der Waals surface area contributed by atoms with Gasteiger partial charge in [-0.25, -0.2) is 12.8 Å². The number of halogens is 2. The van der Waals surface area contributed by atoms with Crippen LogP contribution in [0.15, 0.2) is 41.3 Å². The van der Waals surface area contributed by atoms with Crippen molar-refractivity contribution in [3.63, 3.8) is 0 Å². The van der Waals surface area contributed by atoms with Gasteiger partial charge in [-0.05, 0) is 62.4 Å². The van der Waals surface area contributed by atoms with Crippen molar-refractivity contribution < 1.29 is 17.6 Å². The van der Waals surface area contributed by atoms with Crippen molar-refractivity contribution in [3.8, 4) is 0 Å². The summed E-state index contributed by atoms with van der Waals surface area (Å²) in [4.78, 5) is 15.1. The third-order valence-corrected chi connectivity index (χ3v) is 8.27. The van der Waals surface area contributed by atoms with Crippen molar-refractivity contribution >= 4 is 38.9 Å². The lowest BCUT2D eigenvalue weighted by Gasteiger charge is -2.33. The molecule has 2 heterocycles. The van der Waals surface area contributed by atoms with Crippen LogP contribution in [-0.2, 0) is 10.0 Å². The second-order valence-corrected chi connectivity index (χ2v) is 10.6. The molecule has 2 aliphatic heterocycles. The highest BCUT2D eigenvalue weighted by Gasteiger charge is 2.31. The molecule has 9 heteroatoms. The molecule has 2 aliphatic rings. The fourth-order valence-electron chi connectivity index (χ4n) is 4.30. The molecule has 1 N–H and O–H groups in total. The first-order chi connectivity index (χ1) is 15.4. The molecule has 2 aromatic rings. The third kappa shape index (κ3) is 4.77. The molecule has 6 nitrogen and oxygen atoms in total. The van der Waals surface area contributed by atoms with Gasteiger partial charge >= 0.3 is 0 Å². The number of piperidine rings is 2. The summed E-state index contributed by atoms with van der Waals surface area (Å²) in [5.41, 5.74) is 0.726. The van der Waals surface area contributed by atoms with Gasteiger partial charge < -0.3 is 10.2 Å². The summed E-state index contributed by atoms with van der Waals surface area (Å²) in [6.07, 6.45) is 5.78. The van der Waals surface area contributed by atoms with Gasteiger partial charge in [0.25, 0.3) is 5.91 Å². The van der Waals surface area contributed by atoms with Gasteiger partial charge in [0, 0.05) is 31.7 Å². The molecule has 2 aromatic carbocycles. The van der Waals surface area contributed by atoms with Crippen LogP contribution in [0.5, 0.6) is 0 Å². The van der Waals surface area contributed by atoms with Gasteiger partial charge in [0.2, 0.25) is 10.0 Å². The summed E-state index contributed by atoms with van der Waals surface area (Å²) in [7, 11) is -3.77. The van der Waals surface area contributed by atoms with Crippen molar-refractivity contribution in [1.82, 2.24) is 4.31 Å². The molecule has 0 unspecified atom stereocenters. The Kier molecular flexibility index (Phi) is 7.02. The third-order valence-electron chi connectivity index (χ3n) is 6.05. The minimum atomic E-state index is -3.77. The molecule has 0 spiro atoms. The minimum absolute atomic E-state index is 0.0527. The average Bonchev–Trinajstić information content (AvgIpc) is 2.82. The van der Waals surface area contributed by atoms with E-state index in [0.29, 0.717) is 18.8 Å². The Balaban J connectivity index is 1.71. The number of benzene rings is 2. The van der Waals surface area contributed by atoms with Gasteiger partial charge in [-0.1, -0.05) is 24.1 Å². The molecular weight excluding hydrogens is 453 g/mol. The second kappa shape index (κ2) is 9.77. The molecule has 32 heavy (non-hydrogen) atoms. The molecule has 172 valence electrons. The first kappa shape index (κ1) is 23.0. The number of carbonyl (C=O) groups excluding carboxylic acids is 1. The lowest BCUT2D eigenvalue weighted by Crippen LogP contribution is -2.37. The number of nitrogens with one attached hydrogen (secondary N) is 1. The average molecular weight is 480 g/mol. The highest BCUT2D eigenvalue weighted by molar-refractivity contribution is 7.89. The largest absolute Gasteiger partial charge is 0.370 e. The van der Waals surface area contributed by atoms with Crippen molar-refractivity contribution in [2.75, 3.05) is 36.4 Å². The molecule has 2 saturated heterocycles. The Morgan fingerprint density at radius 2 is 1.59 bits per heavy atom. The molecule has 0 saturated carbocycles. The van der Waals surface area contributed by atoms with Crippen LogP contribution in [-0.4, -0.2) is 44.8 Å². The molecule has 4 rings (SSSR count). The summed E-state index contributed by atoms with van der Waals surface area (Å²) >= 11 is 5.80. The number of hydrogen-bond acceptors (Lipinski definition) is 4. The summed E-state index contributed by atoms with van der Waals surface area (Å²) in [6.45, 7) is 2.52. The fraction of sp³-hybridized carbons (Fsp3) is 0.435. The molecule has 0 atom stereocenters. The Morgan fingerprint density at radius 3 is 2.28 bits per heavy atom. The monoisotopic (exact) mass is 479 g/mol. The van der Waals surface area contributed by atoms with Crippen molar-refractivity contribution in [2.24, 2.45) is 0 Å². The molecule has 0 radical (unpaired) electrons. The predicted octanol–water partition coefficient (Wildman–Crippen LogP) is 4.90. The zero-order chi connectivity index (χ0) is 22.7. The van der Waals surface area contributed by atoms with Crippen molar-refractivity contribution in [1.29, 1.82) is 0 Å². The van der Waals surface area contributed by atoms with Crippen molar-refractivity contribution in [2.45, 2.75) is 43.4 Å². The molecule has 0 bridgehead atoms. The maximum Gasteiger partial charge on any atom is 0.255 e. The second-order valence-electron chi connectivity index (χ2n) is 8.25. The van der Waals surface area contributed by atoms with Crippen LogP contribution in [0.1, 0.15) is 48.9 Å². The van der Waals surface area contributed by atoms with Gasteiger partial charge in [-0.2, -0.15) is 4.31 Å². The molecule has 1 amide bonds. The number of sulfonamides is 1. The summed E-state index contributed by atoms with van der Waals surface area (Å²) in [6, 6.07) is 9.05. The number of rotatable bonds is 5.